The standard InChI is InChI=1S/C11H15F2N3/c1-7-4-3-5-16(7)11-9(13)6-8(12)10(14-2)15-11/h6-7H,3-5H2,1-2H3,(H,14,15). The average molecular weight is 227 g/mol. The van der Waals surface area contributed by atoms with Crippen molar-refractivity contribution in [3.8, 4) is 0 Å². The minimum Gasteiger partial charge on any atom is -0.371 e. The fourth-order valence-corrected chi connectivity index (χ4v) is 2.08. The Balaban J connectivity index is 2.39. The Morgan fingerprint density at radius 2 is 2.19 bits per heavy atom. The van der Waals surface area contributed by atoms with Crippen LogP contribution in [0.4, 0.5) is 20.4 Å². The fourth-order valence-electron chi connectivity index (χ4n) is 2.08. The Morgan fingerprint density at radius 3 is 2.75 bits per heavy atom. The number of nitrogens with zero attached hydrogens (tertiary/aromatic N) is 2. The summed E-state index contributed by atoms with van der Waals surface area (Å²) >= 11 is 0. The largest absolute Gasteiger partial charge is 0.371 e. The Morgan fingerprint density at radius 1 is 1.44 bits per heavy atom. The van der Waals surface area contributed by atoms with E-state index in [0.717, 1.165) is 25.5 Å². The van der Waals surface area contributed by atoms with E-state index in [0.29, 0.717) is 0 Å². The molecule has 0 spiro atoms. The quantitative estimate of drug-likeness (QED) is 0.840. The summed E-state index contributed by atoms with van der Waals surface area (Å²) in [7, 11) is 1.57. The van der Waals surface area contributed by atoms with E-state index in [9.17, 15) is 8.78 Å². The van der Waals surface area contributed by atoms with E-state index in [1.807, 2.05) is 11.8 Å². The summed E-state index contributed by atoms with van der Waals surface area (Å²) in [5.74, 6) is -0.910. The molecule has 1 atom stereocenters. The van der Waals surface area contributed by atoms with Crippen molar-refractivity contribution in [2.24, 2.45) is 0 Å². The number of anilines is 2. The minimum absolute atomic E-state index is 0.0931. The molecule has 0 aliphatic carbocycles. The second-order valence-electron chi connectivity index (χ2n) is 4.06. The normalized spacial score (nSPS) is 20.2. The lowest BCUT2D eigenvalue weighted by Crippen LogP contribution is -2.28. The van der Waals surface area contributed by atoms with Crippen LogP contribution in [-0.4, -0.2) is 24.6 Å². The first-order chi connectivity index (χ1) is 7.63. The summed E-state index contributed by atoms with van der Waals surface area (Å²) in [6.07, 6.45) is 2.04. The van der Waals surface area contributed by atoms with Gasteiger partial charge in [0, 0.05) is 25.7 Å². The molecule has 5 heteroatoms. The van der Waals surface area contributed by atoms with Crippen LogP contribution in [0.25, 0.3) is 0 Å². The molecular formula is C11H15F2N3. The molecule has 2 rings (SSSR count). The third-order valence-electron chi connectivity index (χ3n) is 2.97. The summed E-state index contributed by atoms with van der Waals surface area (Å²) in [6, 6.07) is 1.15. The van der Waals surface area contributed by atoms with Gasteiger partial charge in [-0.25, -0.2) is 13.8 Å². The topological polar surface area (TPSA) is 28.2 Å². The van der Waals surface area contributed by atoms with Crippen LogP contribution in [0.1, 0.15) is 19.8 Å². The molecule has 2 heterocycles. The van der Waals surface area contributed by atoms with Crippen LogP contribution in [0.5, 0.6) is 0 Å². The van der Waals surface area contributed by atoms with Crippen LogP contribution in [0.15, 0.2) is 6.07 Å². The van der Waals surface area contributed by atoms with Gasteiger partial charge in [-0.05, 0) is 19.8 Å². The van der Waals surface area contributed by atoms with Crippen LogP contribution in [0, 0.1) is 11.6 Å². The Labute approximate surface area is 93.5 Å². The monoisotopic (exact) mass is 227 g/mol. The number of halogens is 2. The lowest BCUT2D eigenvalue weighted by atomic mass is 10.2. The molecule has 1 unspecified atom stereocenters. The summed E-state index contributed by atoms with van der Waals surface area (Å²) in [6.45, 7) is 2.80. The van der Waals surface area contributed by atoms with Crippen molar-refractivity contribution in [3.05, 3.63) is 17.7 Å². The molecule has 1 N–H and O–H groups in total. The van der Waals surface area contributed by atoms with Crippen molar-refractivity contribution in [2.75, 3.05) is 23.8 Å². The molecule has 16 heavy (non-hydrogen) atoms. The first-order valence-electron chi connectivity index (χ1n) is 5.44. The summed E-state index contributed by atoms with van der Waals surface area (Å²) in [4.78, 5) is 5.87. The molecule has 1 aromatic heterocycles. The second kappa shape index (κ2) is 4.23. The molecule has 1 saturated heterocycles. The highest BCUT2D eigenvalue weighted by Crippen LogP contribution is 2.28. The van der Waals surface area contributed by atoms with Gasteiger partial charge >= 0.3 is 0 Å². The van der Waals surface area contributed by atoms with Gasteiger partial charge < -0.3 is 10.2 Å². The van der Waals surface area contributed by atoms with E-state index < -0.39 is 11.6 Å². The zero-order valence-corrected chi connectivity index (χ0v) is 9.43. The first-order valence-corrected chi connectivity index (χ1v) is 5.44. The van der Waals surface area contributed by atoms with E-state index in [1.54, 1.807) is 7.05 Å². The molecule has 3 nitrogen and oxygen atoms in total. The lowest BCUT2D eigenvalue weighted by molar-refractivity contribution is 0.568. The third kappa shape index (κ3) is 1.81. The lowest BCUT2D eigenvalue weighted by Gasteiger charge is -2.23. The van der Waals surface area contributed by atoms with Gasteiger partial charge in [0.05, 0.1) is 0 Å². The summed E-state index contributed by atoms with van der Waals surface area (Å²) in [5.41, 5.74) is 0. The van der Waals surface area contributed by atoms with Crippen LogP contribution < -0.4 is 10.2 Å². The van der Waals surface area contributed by atoms with Crippen molar-refractivity contribution in [1.82, 2.24) is 4.98 Å². The van der Waals surface area contributed by atoms with E-state index in [2.05, 4.69) is 10.3 Å². The summed E-state index contributed by atoms with van der Waals surface area (Å²) in [5, 5.41) is 2.62. The third-order valence-corrected chi connectivity index (χ3v) is 2.97. The van der Waals surface area contributed by atoms with Crippen LogP contribution in [0.2, 0.25) is 0 Å². The number of rotatable bonds is 2. The molecule has 1 aromatic rings. The molecule has 88 valence electrons. The van der Waals surface area contributed by atoms with Gasteiger partial charge in [0.2, 0.25) is 0 Å². The number of nitrogens with one attached hydrogen (secondary N) is 1. The van der Waals surface area contributed by atoms with Crippen molar-refractivity contribution < 1.29 is 8.78 Å². The van der Waals surface area contributed by atoms with E-state index in [1.165, 1.54) is 0 Å². The first kappa shape index (κ1) is 11.1. The zero-order chi connectivity index (χ0) is 11.7. The molecular weight excluding hydrogens is 212 g/mol. The van der Waals surface area contributed by atoms with Crippen LogP contribution >= 0.6 is 0 Å². The number of hydrogen-bond donors (Lipinski definition) is 1. The maximum Gasteiger partial charge on any atom is 0.168 e. The van der Waals surface area contributed by atoms with Gasteiger partial charge in [-0.15, -0.1) is 0 Å². The Kier molecular flexibility index (Phi) is 2.94. The predicted octanol–water partition coefficient (Wildman–Crippen LogP) is 2.39. The van der Waals surface area contributed by atoms with Gasteiger partial charge in [0.25, 0.3) is 0 Å². The maximum absolute atomic E-state index is 13.6. The van der Waals surface area contributed by atoms with E-state index in [-0.39, 0.29) is 17.7 Å². The zero-order valence-electron chi connectivity index (χ0n) is 9.43. The number of aromatic nitrogens is 1. The SMILES string of the molecule is CNc1nc(N2CCCC2C)c(F)cc1F. The molecule has 1 aliphatic heterocycles. The fraction of sp³-hybridized carbons (Fsp3) is 0.545. The Bertz CT molecular complexity index is 395. The minimum atomic E-state index is -0.657. The van der Waals surface area contributed by atoms with Gasteiger partial charge in [-0.3, -0.25) is 0 Å². The van der Waals surface area contributed by atoms with Crippen LogP contribution in [0.3, 0.4) is 0 Å². The maximum atomic E-state index is 13.6. The van der Waals surface area contributed by atoms with Crippen molar-refractivity contribution >= 4 is 11.6 Å². The molecule has 1 fully saturated rings. The molecule has 0 amide bonds. The van der Waals surface area contributed by atoms with Gasteiger partial charge in [-0.1, -0.05) is 0 Å². The predicted molar refractivity (Wildman–Crippen MR) is 59.7 cm³/mol. The molecule has 0 radical (unpaired) electrons. The smallest absolute Gasteiger partial charge is 0.168 e. The highest BCUT2D eigenvalue weighted by Gasteiger charge is 2.25. The van der Waals surface area contributed by atoms with Gasteiger partial charge in [0.1, 0.15) is 0 Å². The number of hydrogen-bond acceptors (Lipinski definition) is 3. The van der Waals surface area contributed by atoms with Crippen LogP contribution in [-0.2, 0) is 0 Å². The summed E-state index contributed by atoms with van der Waals surface area (Å²) < 4.78 is 26.9. The molecule has 0 aromatic carbocycles. The van der Waals surface area contributed by atoms with E-state index >= 15 is 0 Å². The average Bonchev–Trinajstić information content (AvgIpc) is 2.65. The van der Waals surface area contributed by atoms with Crippen molar-refractivity contribution in [1.29, 1.82) is 0 Å². The van der Waals surface area contributed by atoms with Gasteiger partial charge in [0.15, 0.2) is 23.3 Å². The van der Waals surface area contributed by atoms with E-state index in [4.69, 9.17) is 0 Å². The van der Waals surface area contributed by atoms with Gasteiger partial charge in [-0.2, -0.15) is 0 Å². The molecule has 0 bridgehead atoms. The van der Waals surface area contributed by atoms with Crippen molar-refractivity contribution in [3.63, 3.8) is 0 Å². The number of pyridine rings is 1. The van der Waals surface area contributed by atoms with Crippen molar-refractivity contribution in [2.45, 2.75) is 25.8 Å². The molecule has 0 saturated carbocycles. The Hall–Kier alpha value is -1.39. The highest BCUT2D eigenvalue weighted by atomic mass is 19.1. The highest BCUT2D eigenvalue weighted by molar-refractivity contribution is 5.50. The second-order valence-corrected chi connectivity index (χ2v) is 4.06. The molecule has 1 aliphatic rings.